The number of carbonyl (C=O) groups excluding carboxylic acids is 2. The molecule has 0 spiro atoms. The number of aromatic hydroxyl groups is 1. The molecule has 0 aliphatic carbocycles. The van der Waals surface area contributed by atoms with Gasteiger partial charge in [-0.05, 0) is 44.5 Å². The Hall–Kier alpha value is -4.55. The molecule has 1 amide bonds. The molecule has 0 radical (unpaired) electrons. The third-order valence-corrected chi connectivity index (χ3v) is 6.50. The number of hydrogen-bond donors (Lipinski definition) is 4. The van der Waals surface area contributed by atoms with Gasteiger partial charge in [-0.25, -0.2) is 4.79 Å². The summed E-state index contributed by atoms with van der Waals surface area (Å²) in [4.78, 5) is 33.3. The molecule has 0 aliphatic heterocycles. The minimum atomic E-state index is -0.750. The average molecular weight is 549 g/mol. The van der Waals surface area contributed by atoms with E-state index in [2.05, 4.69) is 30.8 Å². The summed E-state index contributed by atoms with van der Waals surface area (Å²) in [6, 6.07) is 13.9. The number of phenols is 1. The molecule has 0 saturated carbocycles. The van der Waals surface area contributed by atoms with Gasteiger partial charge in [-0.3, -0.25) is 15.1 Å². The zero-order valence-electron chi connectivity index (χ0n) is 21.5. The summed E-state index contributed by atoms with van der Waals surface area (Å²) in [5.41, 5.74) is 1.64. The highest BCUT2D eigenvalue weighted by atomic mass is 32.1. The summed E-state index contributed by atoms with van der Waals surface area (Å²) >= 11 is 1.07. The zero-order chi connectivity index (χ0) is 26.9. The lowest BCUT2D eigenvalue weighted by Gasteiger charge is -2.24. The number of hydrogen-bond acceptors (Lipinski definition) is 9. The van der Waals surface area contributed by atoms with E-state index in [1.807, 2.05) is 51.2 Å². The number of aromatic nitrogens is 4. The molecule has 39 heavy (non-hydrogen) atoms. The number of nitrogens with one attached hydrogen (secondary N) is 3. The normalized spacial score (nSPS) is 12.1. The number of phenolic OH excluding ortho intramolecular Hbond substituents is 1. The van der Waals surface area contributed by atoms with Crippen molar-refractivity contribution in [2.45, 2.75) is 38.8 Å². The van der Waals surface area contributed by atoms with Gasteiger partial charge in [0.15, 0.2) is 5.75 Å². The Morgan fingerprint density at radius 1 is 1.08 bits per heavy atom. The maximum Gasteiger partial charge on any atom is 0.329 e. The molecule has 0 saturated heterocycles. The molecule has 1 unspecified atom stereocenters. The fraction of sp³-hybridized carbons (Fsp3) is 0.222. The number of anilines is 2. The van der Waals surface area contributed by atoms with Crippen molar-refractivity contribution in [1.29, 1.82) is 0 Å². The smallest absolute Gasteiger partial charge is 0.329 e. The molecule has 1 atom stereocenters. The Morgan fingerprint density at radius 3 is 2.64 bits per heavy atom. The van der Waals surface area contributed by atoms with Crippen LogP contribution in [0.3, 0.4) is 0 Å². The highest BCUT2D eigenvalue weighted by Crippen LogP contribution is 2.29. The minimum Gasteiger partial charge on any atom is -0.505 e. The quantitative estimate of drug-likeness (QED) is 0.220. The SMILES string of the molecule is CC(C)(C)OC(=O)C(Cc1c[nH]c2ccccc12)Nc1nnc(NC(=O)c2ccc3cccnc3c2O)s1.O. The highest BCUT2D eigenvalue weighted by Gasteiger charge is 2.28. The van der Waals surface area contributed by atoms with Gasteiger partial charge in [0.25, 0.3) is 5.91 Å². The minimum absolute atomic E-state index is 0. The molecule has 0 bridgehead atoms. The maximum atomic E-state index is 13.1. The molecule has 2 aromatic carbocycles. The van der Waals surface area contributed by atoms with E-state index in [1.54, 1.807) is 24.4 Å². The third-order valence-electron chi connectivity index (χ3n) is 5.73. The lowest BCUT2D eigenvalue weighted by molar-refractivity contribution is -0.155. The number of carbonyl (C=O) groups is 2. The summed E-state index contributed by atoms with van der Waals surface area (Å²) in [6.45, 7) is 5.43. The van der Waals surface area contributed by atoms with Gasteiger partial charge < -0.3 is 25.6 Å². The van der Waals surface area contributed by atoms with Crippen LogP contribution in [0.15, 0.2) is 60.9 Å². The number of para-hydroxylation sites is 1. The van der Waals surface area contributed by atoms with Crippen LogP contribution in [0.2, 0.25) is 0 Å². The summed E-state index contributed by atoms with van der Waals surface area (Å²) in [5.74, 6) is -1.20. The second-order valence-electron chi connectivity index (χ2n) is 9.70. The Morgan fingerprint density at radius 2 is 1.85 bits per heavy atom. The second-order valence-corrected chi connectivity index (χ2v) is 10.7. The summed E-state index contributed by atoms with van der Waals surface area (Å²) < 4.78 is 5.65. The fourth-order valence-electron chi connectivity index (χ4n) is 4.05. The largest absolute Gasteiger partial charge is 0.505 e. The van der Waals surface area contributed by atoms with E-state index < -0.39 is 23.5 Å². The van der Waals surface area contributed by atoms with Crippen LogP contribution in [-0.4, -0.2) is 54.3 Å². The molecule has 0 aliphatic rings. The van der Waals surface area contributed by atoms with Gasteiger partial charge in [-0.15, -0.1) is 10.2 Å². The lowest BCUT2D eigenvalue weighted by atomic mass is 10.0. The van der Waals surface area contributed by atoms with Crippen molar-refractivity contribution in [3.63, 3.8) is 0 Å². The summed E-state index contributed by atoms with van der Waals surface area (Å²) in [7, 11) is 0. The zero-order valence-corrected chi connectivity index (χ0v) is 22.3. The van der Waals surface area contributed by atoms with Gasteiger partial charge in [0.05, 0.1) is 5.56 Å². The van der Waals surface area contributed by atoms with Crippen LogP contribution in [0.1, 0.15) is 36.7 Å². The van der Waals surface area contributed by atoms with Crippen LogP contribution in [0.5, 0.6) is 5.75 Å². The van der Waals surface area contributed by atoms with Gasteiger partial charge in [-0.1, -0.05) is 41.7 Å². The molecule has 5 rings (SSSR count). The first-order chi connectivity index (χ1) is 18.2. The number of rotatable bonds is 7. The van der Waals surface area contributed by atoms with Crippen molar-refractivity contribution in [1.82, 2.24) is 20.2 Å². The molecule has 3 aromatic heterocycles. The molecule has 6 N–H and O–H groups in total. The molecule has 202 valence electrons. The van der Waals surface area contributed by atoms with Crippen LogP contribution in [0.25, 0.3) is 21.8 Å². The highest BCUT2D eigenvalue weighted by molar-refractivity contribution is 7.19. The molecule has 5 aromatic rings. The number of esters is 1. The number of aromatic amines is 1. The van der Waals surface area contributed by atoms with Crippen molar-refractivity contribution < 1.29 is 24.9 Å². The predicted octanol–water partition coefficient (Wildman–Crippen LogP) is 4.07. The van der Waals surface area contributed by atoms with E-state index >= 15 is 0 Å². The fourth-order valence-corrected chi connectivity index (χ4v) is 4.74. The predicted molar refractivity (Wildman–Crippen MR) is 150 cm³/mol. The van der Waals surface area contributed by atoms with Gasteiger partial charge in [0.2, 0.25) is 10.3 Å². The van der Waals surface area contributed by atoms with Gasteiger partial charge in [0, 0.05) is 35.1 Å². The van der Waals surface area contributed by atoms with E-state index in [0.717, 1.165) is 27.8 Å². The number of H-pyrrole nitrogens is 1. The number of benzene rings is 2. The van der Waals surface area contributed by atoms with E-state index in [1.165, 1.54) is 6.07 Å². The van der Waals surface area contributed by atoms with E-state index in [0.29, 0.717) is 22.5 Å². The van der Waals surface area contributed by atoms with Crippen molar-refractivity contribution in [3.05, 3.63) is 72.1 Å². The molecule has 0 fully saturated rings. The third kappa shape index (κ3) is 6.13. The second kappa shape index (κ2) is 11.1. The standard InChI is InChI=1S/C27H26N6O4S.H2O/c1-27(2,3)37-24(36)20(13-16-14-29-19-9-5-4-8-17(16)19)30-25-32-33-26(38-25)31-23(35)18-11-10-15-7-6-12-28-21(15)22(18)34;/h4-12,14,20,29,34H,13H2,1-3H3,(H,30,32)(H,31,33,35);1H2. The lowest BCUT2D eigenvalue weighted by Crippen LogP contribution is -2.38. The van der Waals surface area contributed by atoms with Crippen LogP contribution in [0.4, 0.5) is 10.3 Å². The first-order valence-electron chi connectivity index (χ1n) is 11.9. The Bertz CT molecular complexity index is 1640. The van der Waals surface area contributed by atoms with Gasteiger partial charge in [0.1, 0.15) is 17.2 Å². The monoisotopic (exact) mass is 548 g/mol. The van der Waals surface area contributed by atoms with Crippen LogP contribution >= 0.6 is 11.3 Å². The van der Waals surface area contributed by atoms with Crippen LogP contribution in [-0.2, 0) is 16.0 Å². The first kappa shape index (κ1) is 27.5. The van der Waals surface area contributed by atoms with Gasteiger partial charge in [-0.2, -0.15) is 0 Å². The van der Waals surface area contributed by atoms with Gasteiger partial charge >= 0.3 is 5.97 Å². The average Bonchev–Trinajstić information content (AvgIpc) is 3.49. The number of amides is 1. The molecule has 11 nitrogen and oxygen atoms in total. The Kier molecular flexibility index (Phi) is 7.79. The van der Waals surface area contributed by atoms with Crippen LogP contribution in [0, 0.1) is 0 Å². The Labute approximate surface area is 227 Å². The number of ether oxygens (including phenoxy) is 1. The summed E-state index contributed by atoms with van der Waals surface area (Å²) in [6.07, 6.45) is 3.77. The molecular weight excluding hydrogens is 520 g/mol. The van der Waals surface area contributed by atoms with E-state index in [4.69, 9.17) is 4.74 Å². The topological polar surface area (TPSA) is 174 Å². The van der Waals surface area contributed by atoms with Crippen molar-refractivity contribution >= 4 is 55.3 Å². The van der Waals surface area contributed by atoms with E-state index in [9.17, 15) is 14.7 Å². The first-order valence-corrected chi connectivity index (χ1v) is 12.8. The molecule has 12 heteroatoms. The van der Waals surface area contributed by atoms with Crippen LogP contribution < -0.4 is 10.6 Å². The number of fused-ring (bicyclic) bond motifs is 2. The summed E-state index contributed by atoms with van der Waals surface area (Å²) in [5, 5.41) is 26.7. The Balaban J connectivity index is 0.00000353. The maximum absolute atomic E-state index is 13.1. The van der Waals surface area contributed by atoms with Crippen molar-refractivity contribution in [2.24, 2.45) is 0 Å². The van der Waals surface area contributed by atoms with Crippen molar-refractivity contribution in [3.8, 4) is 5.75 Å². The molecule has 3 heterocycles. The van der Waals surface area contributed by atoms with Crippen molar-refractivity contribution in [2.75, 3.05) is 10.6 Å². The number of pyridine rings is 1. The molecular formula is C27H28N6O5S. The van der Waals surface area contributed by atoms with E-state index in [-0.39, 0.29) is 21.9 Å². The number of nitrogens with zero attached hydrogens (tertiary/aromatic N) is 3.